The number of nitrogens with one attached hydrogen (secondary N) is 2. The molecule has 0 spiro atoms. The van der Waals surface area contributed by atoms with Crippen molar-refractivity contribution >= 4 is 12.0 Å². The molecule has 23 heavy (non-hydrogen) atoms. The Balaban J connectivity index is 2.34. The number of hydrogen-bond donors (Lipinski definition) is 2. The maximum Gasteiger partial charge on any atom is 0.408 e. The normalized spacial score (nSPS) is 11.2. The molecule has 0 atom stereocenters. The highest BCUT2D eigenvalue weighted by Crippen LogP contribution is 2.05. The van der Waals surface area contributed by atoms with Crippen LogP contribution in [0.2, 0.25) is 0 Å². The maximum atomic E-state index is 12.1. The van der Waals surface area contributed by atoms with Gasteiger partial charge in [-0.05, 0) is 46.5 Å². The third-order valence-corrected chi connectivity index (χ3v) is 3.26. The van der Waals surface area contributed by atoms with Gasteiger partial charge in [-0.3, -0.25) is 4.79 Å². The maximum absolute atomic E-state index is 12.1. The zero-order valence-electron chi connectivity index (χ0n) is 14.4. The van der Waals surface area contributed by atoms with E-state index < -0.39 is 11.6 Å². The van der Waals surface area contributed by atoms with Gasteiger partial charge in [0, 0.05) is 6.54 Å². The smallest absolute Gasteiger partial charge is 0.408 e. The van der Waals surface area contributed by atoms with Gasteiger partial charge in [-0.2, -0.15) is 0 Å². The number of hydrogen-bond acceptors (Lipinski definition) is 4. The van der Waals surface area contributed by atoms with Crippen LogP contribution >= 0.6 is 0 Å². The summed E-state index contributed by atoms with van der Waals surface area (Å²) in [5.41, 5.74) is -0.125. The lowest BCUT2D eigenvalue weighted by Crippen LogP contribution is -2.55. The summed E-state index contributed by atoms with van der Waals surface area (Å²) in [6.45, 7) is 4.94. The standard InChI is InChI=1S/C17H27N3O3/c1-17(2,15(21)18-11-8-12-20(3)4)19-16(22)23-13-14-9-6-5-7-10-14/h5-7,9-10H,8,11-13H2,1-4H3,(H,18,21)(H,19,22). The topological polar surface area (TPSA) is 70.7 Å². The fourth-order valence-corrected chi connectivity index (χ4v) is 1.89. The Labute approximate surface area is 138 Å². The summed E-state index contributed by atoms with van der Waals surface area (Å²) in [7, 11) is 3.96. The third kappa shape index (κ3) is 7.65. The zero-order chi connectivity index (χ0) is 17.3. The van der Waals surface area contributed by atoms with Crippen molar-refractivity contribution in [2.75, 3.05) is 27.2 Å². The first-order chi connectivity index (χ1) is 10.8. The van der Waals surface area contributed by atoms with E-state index in [9.17, 15) is 9.59 Å². The molecule has 0 aliphatic heterocycles. The van der Waals surface area contributed by atoms with Crippen LogP contribution in [0.3, 0.4) is 0 Å². The quantitative estimate of drug-likeness (QED) is 0.716. The summed E-state index contributed by atoms with van der Waals surface area (Å²) in [6.07, 6.45) is 0.245. The van der Waals surface area contributed by atoms with E-state index >= 15 is 0 Å². The van der Waals surface area contributed by atoms with Crippen molar-refractivity contribution < 1.29 is 14.3 Å². The molecule has 1 aromatic carbocycles. The van der Waals surface area contributed by atoms with Crippen molar-refractivity contribution in [2.24, 2.45) is 0 Å². The van der Waals surface area contributed by atoms with Crippen LogP contribution in [0.1, 0.15) is 25.8 Å². The number of benzene rings is 1. The minimum atomic E-state index is -1.02. The van der Waals surface area contributed by atoms with Gasteiger partial charge in [0.2, 0.25) is 5.91 Å². The van der Waals surface area contributed by atoms with E-state index in [2.05, 4.69) is 15.5 Å². The van der Waals surface area contributed by atoms with Gasteiger partial charge in [0.15, 0.2) is 0 Å². The molecule has 1 rings (SSSR count). The molecule has 0 aliphatic rings. The molecule has 0 bridgehead atoms. The van der Waals surface area contributed by atoms with Gasteiger partial charge in [0.1, 0.15) is 12.1 Å². The predicted molar refractivity (Wildman–Crippen MR) is 90.0 cm³/mol. The largest absolute Gasteiger partial charge is 0.445 e. The molecule has 0 aromatic heterocycles. The molecular formula is C17H27N3O3. The fourth-order valence-electron chi connectivity index (χ4n) is 1.89. The van der Waals surface area contributed by atoms with Crippen molar-refractivity contribution in [3.63, 3.8) is 0 Å². The molecule has 6 heteroatoms. The first-order valence-electron chi connectivity index (χ1n) is 7.73. The lowest BCUT2D eigenvalue weighted by atomic mass is 10.1. The highest BCUT2D eigenvalue weighted by Gasteiger charge is 2.29. The number of nitrogens with zero attached hydrogens (tertiary/aromatic N) is 1. The van der Waals surface area contributed by atoms with Crippen LogP contribution in [0.15, 0.2) is 30.3 Å². The second-order valence-electron chi connectivity index (χ2n) is 6.22. The monoisotopic (exact) mass is 321 g/mol. The van der Waals surface area contributed by atoms with E-state index in [0.717, 1.165) is 18.5 Å². The Morgan fingerprint density at radius 3 is 2.43 bits per heavy atom. The lowest BCUT2D eigenvalue weighted by Gasteiger charge is -2.24. The van der Waals surface area contributed by atoms with Gasteiger partial charge in [-0.25, -0.2) is 4.79 Å². The molecule has 128 valence electrons. The molecule has 0 aliphatic carbocycles. The van der Waals surface area contributed by atoms with Crippen LogP contribution in [0.25, 0.3) is 0 Å². The van der Waals surface area contributed by atoms with Crippen LogP contribution in [-0.2, 0) is 16.1 Å². The molecule has 2 N–H and O–H groups in total. The number of carbonyl (C=O) groups is 2. The van der Waals surface area contributed by atoms with Gasteiger partial charge in [-0.1, -0.05) is 30.3 Å². The third-order valence-electron chi connectivity index (χ3n) is 3.26. The van der Waals surface area contributed by atoms with Crippen LogP contribution in [0, 0.1) is 0 Å². The Hall–Kier alpha value is -2.08. The molecule has 0 saturated heterocycles. The van der Waals surface area contributed by atoms with Crippen LogP contribution < -0.4 is 10.6 Å². The molecule has 0 heterocycles. The van der Waals surface area contributed by atoms with Crippen LogP contribution in [0.4, 0.5) is 4.79 Å². The van der Waals surface area contributed by atoms with Crippen LogP contribution in [0.5, 0.6) is 0 Å². The minimum absolute atomic E-state index is 0.174. The summed E-state index contributed by atoms with van der Waals surface area (Å²) < 4.78 is 5.13. The highest BCUT2D eigenvalue weighted by atomic mass is 16.5. The Kier molecular flexibility index (Phi) is 7.54. The Bertz CT molecular complexity index is 501. The van der Waals surface area contributed by atoms with Gasteiger partial charge < -0.3 is 20.3 Å². The summed E-state index contributed by atoms with van der Waals surface area (Å²) in [6, 6.07) is 9.39. The van der Waals surface area contributed by atoms with E-state index in [-0.39, 0.29) is 12.5 Å². The van der Waals surface area contributed by atoms with E-state index in [1.54, 1.807) is 13.8 Å². The summed E-state index contributed by atoms with van der Waals surface area (Å²) in [5.74, 6) is -0.229. The molecule has 6 nitrogen and oxygen atoms in total. The summed E-state index contributed by atoms with van der Waals surface area (Å²) >= 11 is 0. The molecule has 0 radical (unpaired) electrons. The number of amides is 2. The second kappa shape index (κ2) is 9.15. The average molecular weight is 321 g/mol. The number of carbonyl (C=O) groups excluding carboxylic acids is 2. The Morgan fingerprint density at radius 1 is 1.17 bits per heavy atom. The Morgan fingerprint density at radius 2 is 1.83 bits per heavy atom. The first kappa shape index (κ1) is 19.0. The molecule has 0 unspecified atom stereocenters. The fraction of sp³-hybridized carbons (Fsp3) is 0.529. The van der Waals surface area contributed by atoms with Crippen molar-refractivity contribution in [1.82, 2.24) is 15.5 Å². The molecule has 0 saturated carbocycles. The molecule has 1 aromatic rings. The number of rotatable bonds is 8. The van der Waals surface area contributed by atoms with Crippen molar-refractivity contribution in [1.29, 1.82) is 0 Å². The van der Waals surface area contributed by atoms with Gasteiger partial charge in [0.25, 0.3) is 0 Å². The van der Waals surface area contributed by atoms with Crippen molar-refractivity contribution in [3.05, 3.63) is 35.9 Å². The van der Waals surface area contributed by atoms with E-state index in [4.69, 9.17) is 4.74 Å². The van der Waals surface area contributed by atoms with E-state index in [1.165, 1.54) is 0 Å². The summed E-state index contributed by atoms with van der Waals surface area (Å²) in [4.78, 5) is 26.0. The van der Waals surface area contributed by atoms with Gasteiger partial charge >= 0.3 is 6.09 Å². The van der Waals surface area contributed by atoms with Gasteiger partial charge in [-0.15, -0.1) is 0 Å². The van der Waals surface area contributed by atoms with Crippen molar-refractivity contribution in [3.8, 4) is 0 Å². The second-order valence-corrected chi connectivity index (χ2v) is 6.22. The van der Waals surface area contributed by atoms with Crippen LogP contribution in [-0.4, -0.2) is 49.6 Å². The minimum Gasteiger partial charge on any atom is -0.445 e. The predicted octanol–water partition coefficient (Wildman–Crippen LogP) is 1.76. The lowest BCUT2D eigenvalue weighted by molar-refractivity contribution is -0.126. The number of ether oxygens (including phenoxy) is 1. The molecule has 0 fully saturated rings. The zero-order valence-corrected chi connectivity index (χ0v) is 14.4. The SMILES string of the molecule is CN(C)CCCNC(=O)C(C)(C)NC(=O)OCc1ccccc1. The van der Waals surface area contributed by atoms with Gasteiger partial charge in [0.05, 0.1) is 0 Å². The summed E-state index contributed by atoms with van der Waals surface area (Å²) in [5, 5.41) is 5.41. The van der Waals surface area contributed by atoms with Crippen molar-refractivity contribution in [2.45, 2.75) is 32.4 Å². The van der Waals surface area contributed by atoms with E-state index in [1.807, 2.05) is 44.4 Å². The van der Waals surface area contributed by atoms with E-state index in [0.29, 0.717) is 6.54 Å². The molecular weight excluding hydrogens is 294 g/mol. The molecule has 2 amide bonds. The first-order valence-corrected chi connectivity index (χ1v) is 7.73. The highest BCUT2D eigenvalue weighted by molar-refractivity contribution is 5.89. The number of alkyl carbamates (subject to hydrolysis) is 1. The average Bonchev–Trinajstić information content (AvgIpc) is 2.49.